The highest BCUT2D eigenvalue weighted by Crippen LogP contribution is 2.17. The topological polar surface area (TPSA) is 86.5 Å². The Kier molecular flexibility index (Phi) is 4.61. The number of nitrogens with two attached hydrogens (primary N) is 1. The summed E-state index contributed by atoms with van der Waals surface area (Å²) in [7, 11) is 2.85. The van der Waals surface area contributed by atoms with Gasteiger partial charge in [0.1, 0.15) is 5.75 Å². The lowest BCUT2D eigenvalue weighted by atomic mass is 10.2. The number of carbonyl (C=O) groups is 1. The number of methoxy groups -OCH3 is 2. The zero-order valence-electron chi connectivity index (χ0n) is 11.9. The summed E-state index contributed by atoms with van der Waals surface area (Å²) in [5.74, 6) is 0.0499. The highest BCUT2D eigenvalue weighted by atomic mass is 16.5. The van der Waals surface area contributed by atoms with E-state index in [9.17, 15) is 4.79 Å². The normalized spacial score (nSPS) is 10.0. The van der Waals surface area contributed by atoms with E-state index < -0.39 is 5.97 Å². The quantitative estimate of drug-likeness (QED) is 0.646. The third-order valence-corrected chi connectivity index (χ3v) is 2.84. The van der Waals surface area contributed by atoms with Crippen LogP contribution in [0.2, 0.25) is 0 Å². The van der Waals surface area contributed by atoms with Crippen LogP contribution in [-0.4, -0.2) is 25.2 Å². The zero-order chi connectivity index (χ0) is 15.2. The van der Waals surface area contributed by atoms with Crippen molar-refractivity contribution in [2.75, 3.05) is 25.3 Å². The second-order valence-corrected chi connectivity index (χ2v) is 4.35. The van der Waals surface area contributed by atoms with E-state index in [4.69, 9.17) is 10.5 Å². The molecule has 1 heterocycles. The van der Waals surface area contributed by atoms with Crippen LogP contribution in [0.1, 0.15) is 16.2 Å². The van der Waals surface area contributed by atoms with Crippen molar-refractivity contribution in [2.45, 2.75) is 6.54 Å². The van der Waals surface area contributed by atoms with Crippen molar-refractivity contribution in [3.63, 3.8) is 0 Å². The smallest absolute Gasteiger partial charge is 0.356 e. The number of anilines is 2. The number of esters is 1. The van der Waals surface area contributed by atoms with E-state index in [0.29, 0.717) is 23.7 Å². The van der Waals surface area contributed by atoms with Crippen LogP contribution in [0.3, 0.4) is 0 Å². The number of benzene rings is 1. The van der Waals surface area contributed by atoms with Crippen LogP contribution in [-0.2, 0) is 11.3 Å². The number of pyridine rings is 1. The number of ether oxygens (including phenoxy) is 2. The minimum atomic E-state index is -0.501. The molecule has 0 radical (unpaired) electrons. The summed E-state index contributed by atoms with van der Waals surface area (Å²) in [6, 6.07) is 10.7. The van der Waals surface area contributed by atoms with Crippen LogP contribution in [0.5, 0.6) is 5.75 Å². The first-order valence-electron chi connectivity index (χ1n) is 6.35. The molecule has 6 heteroatoms. The summed E-state index contributed by atoms with van der Waals surface area (Å²) in [6.45, 7) is 0.435. The van der Waals surface area contributed by atoms with E-state index in [0.717, 1.165) is 5.69 Å². The van der Waals surface area contributed by atoms with E-state index in [1.807, 2.05) is 24.3 Å². The SMILES string of the molecule is COC(=O)c1cc(OC)cc(CNc2cccc(N)c2)n1. The fourth-order valence-corrected chi connectivity index (χ4v) is 1.82. The zero-order valence-corrected chi connectivity index (χ0v) is 11.9. The molecule has 2 rings (SSSR count). The van der Waals surface area contributed by atoms with Gasteiger partial charge in [0.25, 0.3) is 0 Å². The number of hydrogen-bond acceptors (Lipinski definition) is 6. The van der Waals surface area contributed by atoms with Gasteiger partial charge in [0, 0.05) is 23.5 Å². The van der Waals surface area contributed by atoms with Crippen molar-refractivity contribution >= 4 is 17.3 Å². The predicted octanol–water partition coefficient (Wildman–Crippen LogP) is 2.07. The van der Waals surface area contributed by atoms with Crippen molar-refractivity contribution < 1.29 is 14.3 Å². The van der Waals surface area contributed by atoms with E-state index in [1.165, 1.54) is 20.3 Å². The average molecular weight is 287 g/mol. The first kappa shape index (κ1) is 14.6. The minimum Gasteiger partial charge on any atom is -0.497 e. The molecule has 0 fully saturated rings. The lowest BCUT2D eigenvalue weighted by molar-refractivity contribution is 0.0593. The Morgan fingerprint density at radius 2 is 2.10 bits per heavy atom. The van der Waals surface area contributed by atoms with Gasteiger partial charge in [-0.1, -0.05) is 6.07 Å². The molecule has 2 aromatic rings. The third kappa shape index (κ3) is 3.85. The molecule has 0 spiro atoms. The van der Waals surface area contributed by atoms with Crippen LogP contribution >= 0.6 is 0 Å². The maximum Gasteiger partial charge on any atom is 0.356 e. The first-order chi connectivity index (χ1) is 10.1. The lowest BCUT2D eigenvalue weighted by Crippen LogP contribution is -2.09. The van der Waals surface area contributed by atoms with Crippen molar-refractivity contribution in [3.8, 4) is 5.75 Å². The molecular weight excluding hydrogens is 270 g/mol. The highest BCUT2D eigenvalue weighted by molar-refractivity contribution is 5.87. The summed E-state index contributed by atoms with van der Waals surface area (Å²) in [5, 5.41) is 3.19. The average Bonchev–Trinajstić information content (AvgIpc) is 2.51. The monoisotopic (exact) mass is 287 g/mol. The molecule has 0 unspecified atom stereocenters. The summed E-state index contributed by atoms with van der Waals surface area (Å²) >= 11 is 0. The van der Waals surface area contributed by atoms with Crippen molar-refractivity contribution in [3.05, 3.63) is 47.8 Å². The van der Waals surface area contributed by atoms with E-state index in [1.54, 1.807) is 6.07 Å². The van der Waals surface area contributed by atoms with E-state index >= 15 is 0 Å². The minimum absolute atomic E-state index is 0.209. The van der Waals surface area contributed by atoms with Crippen LogP contribution in [0.15, 0.2) is 36.4 Å². The molecule has 0 amide bonds. The number of nitrogen functional groups attached to an aromatic ring is 1. The largest absolute Gasteiger partial charge is 0.497 e. The molecule has 0 saturated heterocycles. The van der Waals surface area contributed by atoms with Crippen LogP contribution in [0.25, 0.3) is 0 Å². The molecule has 0 aliphatic rings. The lowest BCUT2D eigenvalue weighted by Gasteiger charge is -2.09. The Morgan fingerprint density at radius 3 is 2.76 bits per heavy atom. The molecule has 0 aliphatic heterocycles. The molecule has 1 aromatic carbocycles. The van der Waals surface area contributed by atoms with Crippen molar-refractivity contribution in [1.29, 1.82) is 0 Å². The summed E-state index contributed by atoms with van der Waals surface area (Å²) in [4.78, 5) is 15.8. The van der Waals surface area contributed by atoms with E-state index in [-0.39, 0.29) is 5.69 Å². The second kappa shape index (κ2) is 6.60. The number of rotatable bonds is 5. The summed E-state index contributed by atoms with van der Waals surface area (Å²) in [6.07, 6.45) is 0. The van der Waals surface area contributed by atoms with Gasteiger partial charge in [-0.15, -0.1) is 0 Å². The standard InChI is InChI=1S/C15H17N3O3/c1-20-13-7-12(18-14(8-13)15(19)21-2)9-17-11-5-3-4-10(16)6-11/h3-8,17H,9,16H2,1-2H3. The highest BCUT2D eigenvalue weighted by Gasteiger charge is 2.11. The number of aromatic nitrogens is 1. The Labute approximate surface area is 122 Å². The van der Waals surface area contributed by atoms with Gasteiger partial charge in [-0.25, -0.2) is 9.78 Å². The Morgan fingerprint density at radius 1 is 1.29 bits per heavy atom. The second-order valence-electron chi connectivity index (χ2n) is 4.35. The molecule has 0 atom stereocenters. The third-order valence-electron chi connectivity index (χ3n) is 2.84. The Bertz CT molecular complexity index is 644. The van der Waals surface area contributed by atoms with Crippen molar-refractivity contribution in [1.82, 2.24) is 4.98 Å². The predicted molar refractivity (Wildman–Crippen MR) is 80.3 cm³/mol. The van der Waals surface area contributed by atoms with Gasteiger partial charge in [-0.2, -0.15) is 0 Å². The summed E-state index contributed by atoms with van der Waals surface area (Å²) < 4.78 is 9.84. The molecule has 21 heavy (non-hydrogen) atoms. The fourth-order valence-electron chi connectivity index (χ4n) is 1.82. The summed E-state index contributed by atoms with van der Waals surface area (Å²) in [5.41, 5.74) is 8.14. The Hall–Kier alpha value is -2.76. The molecule has 0 saturated carbocycles. The molecule has 0 bridgehead atoms. The number of carbonyl (C=O) groups excluding carboxylic acids is 1. The van der Waals surface area contributed by atoms with Crippen LogP contribution in [0, 0.1) is 0 Å². The van der Waals surface area contributed by atoms with Gasteiger partial charge < -0.3 is 20.5 Å². The van der Waals surface area contributed by atoms with Gasteiger partial charge in [0.2, 0.25) is 0 Å². The molecular formula is C15H17N3O3. The molecule has 3 N–H and O–H groups in total. The number of nitrogens with zero attached hydrogens (tertiary/aromatic N) is 1. The van der Waals surface area contributed by atoms with Gasteiger partial charge in [-0.3, -0.25) is 0 Å². The van der Waals surface area contributed by atoms with Crippen LogP contribution in [0.4, 0.5) is 11.4 Å². The fraction of sp³-hybridized carbons (Fsp3) is 0.200. The Balaban J connectivity index is 2.17. The maximum absolute atomic E-state index is 11.6. The number of nitrogens with one attached hydrogen (secondary N) is 1. The molecule has 110 valence electrons. The van der Waals surface area contributed by atoms with Gasteiger partial charge in [-0.05, 0) is 18.2 Å². The van der Waals surface area contributed by atoms with Gasteiger partial charge in [0.05, 0.1) is 26.5 Å². The van der Waals surface area contributed by atoms with E-state index in [2.05, 4.69) is 15.0 Å². The number of hydrogen-bond donors (Lipinski definition) is 2. The maximum atomic E-state index is 11.6. The first-order valence-corrected chi connectivity index (χ1v) is 6.35. The van der Waals surface area contributed by atoms with Crippen LogP contribution < -0.4 is 15.8 Å². The molecule has 6 nitrogen and oxygen atoms in total. The van der Waals surface area contributed by atoms with Gasteiger partial charge >= 0.3 is 5.97 Å². The van der Waals surface area contributed by atoms with Gasteiger partial charge in [0.15, 0.2) is 5.69 Å². The van der Waals surface area contributed by atoms with Crippen molar-refractivity contribution in [2.24, 2.45) is 0 Å². The molecule has 0 aliphatic carbocycles. The molecule has 1 aromatic heterocycles.